The molecule has 17 heavy (non-hydrogen) atoms. The molecule has 3 heteroatoms. The Morgan fingerprint density at radius 1 is 1.29 bits per heavy atom. The minimum absolute atomic E-state index is 0.464. The number of rotatable bonds is 6. The summed E-state index contributed by atoms with van der Waals surface area (Å²) in [4.78, 5) is 2.15. The third kappa shape index (κ3) is 4.75. The number of benzene rings is 1. The zero-order valence-corrected chi connectivity index (χ0v) is 11.2. The Hall–Kier alpha value is -1.06. The fourth-order valence-corrected chi connectivity index (χ4v) is 1.95. The molecule has 0 aliphatic carbocycles. The molecule has 1 aromatic rings. The Bertz CT molecular complexity index is 339. The van der Waals surface area contributed by atoms with E-state index in [-0.39, 0.29) is 0 Å². The van der Waals surface area contributed by atoms with E-state index >= 15 is 0 Å². The molecular formula is C14H23NO2. The van der Waals surface area contributed by atoms with E-state index < -0.39 is 6.10 Å². The van der Waals surface area contributed by atoms with Crippen LogP contribution in [0.3, 0.4) is 0 Å². The van der Waals surface area contributed by atoms with Crippen molar-refractivity contribution in [1.82, 2.24) is 4.90 Å². The number of methoxy groups -OCH3 is 1. The van der Waals surface area contributed by atoms with Crippen molar-refractivity contribution in [3.8, 4) is 5.75 Å². The van der Waals surface area contributed by atoms with Crippen LogP contribution in [0.25, 0.3) is 0 Å². The summed E-state index contributed by atoms with van der Waals surface area (Å²) in [5, 5.41) is 10.1. The summed E-state index contributed by atoms with van der Waals surface area (Å²) in [6, 6.07) is 7.60. The minimum Gasteiger partial charge on any atom is -0.497 e. The van der Waals surface area contributed by atoms with Gasteiger partial charge in [-0.15, -0.1) is 0 Å². The summed E-state index contributed by atoms with van der Waals surface area (Å²) in [5.74, 6) is 1.39. The highest BCUT2D eigenvalue weighted by atomic mass is 16.5. The zero-order chi connectivity index (χ0) is 12.8. The van der Waals surface area contributed by atoms with E-state index in [0.29, 0.717) is 12.5 Å². The molecule has 1 N–H and O–H groups in total. The normalized spacial score (nSPS) is 13.1. The van der Waals surface area contributed by atoms with Gasteiger partial charge >= 0.3 is 0 Å². The van der Waals surface area contributed by atoms with E-state index in [1.54, 1.807) is 7.11 Å². The number of nitrogens with zero attached hydrogens (tertiary/aromatic N) is 1. The van der Waals surface area contributed by atoms with Gasteiger partial charge in [-0.3, -0.25) is 0 Å². The topological polar surface area (TPSA) is 32.7 Å². The number of likely N-dealkylation sites (N-methyl/N-ethyl adjacent to an activating group) is 1. The maximum Gasteiger partial charge on any atom is 0.119 e. The number of ether oxygens (including phenoxy) is 1. The summed E-state index contributed by atoms with van der Waals surface area (Å²) in [6.07, 6.45) is -0.464. The van der Waals surface area contributed by atoms with E-state index in [1.165, 1.54) is 0 Å². The van der Waals surface area contributed by atoms with Crippen LogP contribution in [0.4, 0.5) is 0 Å². The smallest absolute Gasteiger partial charge is 0.119 e. The first kappa shape index (κ1) is 14.0. The Labute approximate surface area is 104 Å². The Morgan fingerprint density at radius 2 is 2.00 bits per heavy atom. The first-order chi connectivity index (χ1) is 8.02. The van der Waals surface area contributed by atoms with Crippen LogP contribution in [0.2, 0.25) is 0 Å². The first-order valence-electron chi connectivity index (χ1n) is 6.03. The summed E-state index contributed by atoms with van der Waals surface area (Å²) in [7, 11) is 3.67. The predicted molar refractivity (Wildman–Crippen MR) is 70.3 cm³/mol. The highest BCUT2D eigenvalue weighted by molar-refractivity contribution is 5.29. The minimum atomic E-state index is -0.464. The lowest BCUT2D eigenvalue weighted by Crippen LogP contribution is -2.28. The van der Waals surface area contributed by atoms with Gasteiger partial charge in [-0.1, -0.05) is 26.0 Å². The van der Waals surface area contributed by atoms with Crippen molar-refractivity contribution in [2.24, 2.45) is 5.92 Å². The Kier molecular flexibility index (Phi) is 5.45. The Morgan fingerprint density at radius 3 is 2.59 bits per heavy atom. The highest BCUT2D eigenvalue weighted by Gasteiger charge is 2.12. The maximum absolute atomic E-state index is 10.1. The van der Waals surface area contributed by atoms with Gasteiger partial charge in [0.25, 0.3) is 0 Å². The van der Waals surface area contributed by atoms with Gasteiger partial charge in [0.1, 0.15) is 5.75 Å². The van der Waals surface area contributed by atoms with Crippen LogP contribution in [-0.4, -0.2) is 37.3 Å². The Balaban J connectivity index is 2.59. The molecule has 0 spiro atoms. The van der Waals surface area contributed by atoms with Gasteiger partial charge in [0.15, 0.2) is 0 Å². The number of hydrogen-bond donors (Lipinski definition) is 1. The zero-order valence-electron chi connectivity index (χ0n) is 11.2. The molecule has 1 unspecified atom stereocenters. The molecule has 0 aromatic heterocycles. The summed E-state index contributed by atoms with van der Waals surface area (Å²) in [6.45, 7) is 5.98. The average Bonchev–Trinajstić information content (AvgIpc) is 2.27. The molecule has 0 heterocycles. The molecular weight excluding hydrogens is 214 g/mol. The summed E-state index contributed by atoms with van der Waals surface area (Å²) in [5.41, 5.74) is 0.903. The van der Waals surface area contributed by atoms with E-state index in [0.717, 1.165) is 17.9 Å². The molecule has 0 aliphatic heterocycles. The van der Waals surface area contributed by atoms with Crippen LogP contribution in [0.15, 0.2) is 24.3 Å². The van der Waals surface area contributed by atoms with Gasteiger partial charge < -0.3 is 14.7 Å². The largest absolute Gasteiger partial charge is 0.497 e. The third-order valence-electron chi connectivity index (χ3n) is 2.64. The average molecular weight is 237 g/mol. The van der Waals surface area contributed by atoms with Gasteiger partial charge in [-0.2, -0.15) is 0 Å². The standard InChI is InChI=1S/C14H23NO2/c1-11(2)9-15(3)10-14(16)12-6-5-7-13(8-12)17-4/h5-8,11,14,16H,9-10H2,1-4H3. The van der Waals surface area contributed by atoms with Gasteiger partial charge in [-0.25, -0.2) is 0 Å². The van der Waals surface area contributed by atoms with Gasteiger partial charge in [-0.05, 0) is 30.7 Å². The molecule has 1 atom stereocenters. The molecule has 0 radical (unpaired) electrons. The van der Waals surface area contributed by atoms with Gasteiger partial charge in [0.05, 0.1) is 13.2 Å². The lowest BCUT2D eigenvalue weighted by molar-refractivity contribution is 0.121. The van der Waals surface area contributed by atoms with Crippen molar-refractivity contribution in [2.75, 3.05) is 27.2 Å². The van der Waals surface area contributed by atoms with Crippen LogP contribution in [0.1, 0.15) is 25.5 Å². The van der Waals surface area contributed by atoms with Crippen LogP contribution in [-0.2, 0) is 0 Å². The van der Waals surface area contributed by atoms with Crippen LogP contribution in [0, 0.1) is 5.92 Å². The fourth-order valence-electron chi connectivity index (χ4n) is 1.95. The number of aliphatic hydroxyl groups excluding tert-OH is 1. The van der Waals surface area contributed by atoms with E-state index in [1.807, 2.05) is 31.3 Å². The molecule has 0 amide bonds. The molecule has 1 aromatic carbocycles. The number of hydrogen-bond acceptors (Lipinski definition) is 3. The third-order valence-corrected chi connectivity index (χ3v) is 2.64. The number of aliphatic hydroxyl groups is 1. The predicted octanol–water partition coefficient (Wildman–Crippen LogP) is 2.32. The molecule has 0 saturated heterocycles. The summed E-state index contributed by atoms with van der Waals surface area (Å²) < 4.78 is 5.15. The summed E-state index contributed by atoms with van der Waals surface area (Å²) >= 11 is 0. The van der Waals surface area contributed by atoms with Crippen LogP contribution < -0.4 is 4.74 Å². The quantitative estimate of drug-likeness (QED) is 0.824. The van der Waals surface area contributed by atoms with Crippen molar-refractivity contribution in [2.45, 2.75) is 20.0 Å². The van der Waals surface area contributed by atoms with Gasteiger partial charge in [0, 0.05) is 13.1 Å². The van der Waals surface area contributed by atoms with Crippen molar-refractivity contribution in [1.29, 1.82) is 0 Å². The lowest BCUT2D eigenvalue weighted by atomic mass is 10.1. The molecule has 0 aliphatic rings. The van der Waals surface area contributed by atoms with Gasteiger partial charge in [0.2, 0.25) is 0 Å². The molecule has 0 saturated carbocycles. The molecule has 0 fully saturated rings. The van der Waals surface area contributed by atoms with Crippen molar-refractivity contribution in [3.63, 3.8) is 0 Å². The van der Waals surface area contributed by atoms with Crippen molar-refractivity contribution in [3.05, 3.63) is 29.8 Å². The second kappa shape index (κ2) is 6.62. The second-order valence-electron chi connectivity index (χ2n) is 4.91. The van der Waals surface area contributed by atoms with Crippen LogP contribution in [0.5, 0.6) is 5.75 Å². The highest BCUT2D eigenvalue weighted by Crippen LogP contribution is 2.19. The molecule has 0 bridgehead atoms. The molecule has 3 nitrogen and oxygen atoms in total. The van der Waals surface area contributed by atoms with E-state index in [9.17, 15) is 5.11 Å². The second-order valence-corrected chi connectivity index (χ2v) is 4.91. The maximum atomic E-state index is 10.1. The van der Waals surface area contributed by atoms with Crippen LogP contribution >= 0.6 is 0 Å². The SMILES string of the molecule is COc1cccc(C(O)CN(C)CC(C)C)c1. The lowest BCUT2D eigenvalue weighted by Gasteiger charge is -2.22. The molecule has 1 rings (SSSR count). The van der Waals surface area contributed by atoms with E-state index in [4.69, 9.17) is 4.74 Å². The van der Waals surface area contributed by atoms with Crippen molar-refractivity contribution < 1.29 is 9.84 Å². The molecule has 96 valence electrons. The van der Waals surface area contributed by atoms with Crippen molar-refractivity contribution >= 4 is 0 Å². The monoisotopic (exact) mass is 237 g/mol. The van der Waals surface area contributed by atoms with E-state index in [2.05, 4.69) is 18.7 Å². The fraction of sp³-hybridized carbons (Fsp3) is 0.571. The first-order valence-corrected chi connectivity index (χ1v) is 6.03.